The summed E-state index contributed by atoms with van der Waals surface area (Å²) in [5.41, 5.74) is 0. The van der Waals surface area contributed by atoms with Gasteiger partial charge < -0.3 is 4.74 Å². The Morgan fingerprint density at radius 2 is 0.821 bits per heavy atom. The summed E-state index contributed by atoms with van der Waals surface area (Å²) < 4.78 is 4.91. The van der Waals surface area contributed by atoms with Gasteiger partial charge in [0.2, 0.25) is 0 Å². The fraction of sp³-hybridized carbons (Fsp3) is 0.259. The van der Waals surface area contributed by atoms with Crippen LogP contribution in [0.1, 0.15) is 41.5 Å². The molecule has 0 aromatic heterocycles. The summed E-state index contributed by atoms with van der Waals surface area (Å²) in [5.74, 6) is 5.41. The lowest BCUT2D eigenvalue weighted by atomic mass is 10.1. The molecule has 0 atom stereocenters. The van der Waals surface area contributed by atoms with Crippen molar-refractivity contribution in [2.45, 2.75) is 41.5 Å². The van der Waals surface area contributed by atoms with E-state index in [0.29, 0.717) is 0 Å². The summed E-state index contributed by atoms with van der Waals surface area (Å²) in [6.45, 7) is 11.3. The molecule has 0 amide bonds. The number of terminal acetylenes is 2. The molecule has 28 heavy (non-hydrogen) atoms. The first kappa shape index (κ1) is 29.6. The molecule has 0 bridgehead atoms. The van der Waals surface area contributed by atoms with Crippen LogP contribution in [0.4, 0.5) is 0 Å². The third-order valence-corrected chi connectivity index (χ3v) is 2.64. The lowest BCUT2D eigenvalue weighted by Gasteiger charge is -1.93. The third-order valence-electron chi connectivity index (χ3n) is 2.64. The van der Waals surface area contributed by atoms with Crippen LogP contribution in [0, 0.1) is 24.7 Å². The highest BCUT2D eigenvalue weighted by Crippen LogP contribution is 2.11. The number of para-hydroxylation sites is 1. The van der Waals surface area contributed by atoms with Crippen LogP contribution in [-0.4, -0.2) is 7.11 Å². The Balaban J connectivity index is -0.000000312. The maximum atomic E-state index is 4.91. The molecule has 3 aromatic carbocycles. The topological polar surface area (TPSA) is 9.23 Å². The molecule has 150 valence electrons. The van der Waals surface area contributed by atoms with Crippen LogP contribution in [0.15, 0.2) is 78.9 Å². The summed E-state index contributed by atoms with van der Waals surface area (Å²) in [6.07, 6.45) is 9.19. The zero-order valence-corrected chi connectivity index (χ0v) is 18.6. The van der Waals surface area contributed by atoms with Crippen molar-refractivity contribution < 1.29 is 4.74 Å². The molecular weight excluding hydrogens is 340 g/mol. The second kappa shape index (κ2) is 26.1. The van der Waals surface area contributed by atoms with Crippen molar-refractivity contribution in [2.24, 2.45) is 0 Å². The van der Waals surface area contributed by atoms with Gasteiger partial charge in [0.05, 0.1) is 7.11 Å². The van der Waals surface area contributed by atoms with E-state index in [-0.39, 0.29) is 0 Å². The van der Waals surface area contributed by atoms with Gasteiger partial charge in [-0.2, -0.15) is 0 Å². The quantitative estimate of drug-likeness (QED) is 0.393. The van der Waals surface area contributed by atoms with E-state index in [0.717, 1.165) is 5.75 Å². The fourth-order valence-electron chi connectivity index (χ4n) is 1.69. The van der Waals surface area contributed by atoms with Gasteiger partial charge in [0.1, 0.15) is 5.75 Å². The van der Waals surface area contributed by atoms with Gasteiger partial charge in [0.25, 0.3) is 0 Å². The van der Waals surface area contributed by atoms with Crippen molar-refractivity contribution >= 4 is 10.8 Å². The maximum absolute atomic E-state index is 4.91. The summed E-state index contributed by atoms with van der Waals surface area (Å²) >= 11 is 0. The van der Waals surface area contributed by atoms with Crippen molar-refractivity contribution in [2.75, 3.05) is 7.11 Å². The highest BCUT2D eigenvalue weighted by Gasteiger charge is 1.85. The Labute approximate surface area is 173 Å². The predicted molar refractivity (Wildman–Crippen MR) is 129 cm³/mol. The number of fused-ring (bicyclic) bond motifs is 1. The molecule has 0 fully saturated rings. The Hall–Kier alpha value is -3.16. The lowest BCUT2D eigenvalue weighted by molar-refractivity contribution is 0.415. The molecular formula is C27H36O. The first-order valence-electron chi connectivity index (χ1n) is 9.51. The van der Waals surface area contributed by atoms with Gasteiger partial charge >= 0.3 is 0 Å². The van der Waals surface area contributed by atoms with Gasteiger partial charge in [-0.3, -0.25) is 0 Å². The second-order valence-corrected chi connectivity index (χ2v) is 4.44. The first-order valence-corrected chi connectivity index (χ1v) is 9.51. The first-order chi connectivity index (χ1) is 13.7. The van der Waals surface area contributed by atoms with Crippen molar-refractivity contribution in [1.82, 2.24) is 0 Å². The largest absolute Gasteiger partial charge is 0.497 e. The molecule has 0 spiro atoms. The van der Waals surface area contributed by atoms with Gasteiger partial charge in [-0.05, 0) is 36.8 Å². The molecule has 0 heterocycles. The highest BCUT2D eigenvalue weighted by molar-refractivity contribution is 5.81. The van der Waals surface area contributed by atoms with Gasteiger partial charge in [-0.25, -0.2) is 0 Å². The minimum atomic E-state index is 0.910. The van der Waals surface area contributed by atoms with Crippen molar-refractivity contribution in [3.63, 3.8) is 0 Å². The van der Waals surface area contributed by atoms with Crippen LogP contribution in [0.25, 0.3) is 10.8 Å². The molecule has 0 aliphatic rings. The van der Waals surface area contributed by atoms with Crippen LogP contribution in [0.5, 0.6) is 5.75 Å². The van der Waals surface area contributed by atoms with Crippen LogP contribution in [0.3, 0.4) is 0 Å². The highest BCUT2D eigenvalue weighted by atomic mass is 16.5. The van der Waals surface area contributed by atoms with E-state index in [4.69, 9.17) is 4.74 Å². The number of rotatable bonds is 1. The minimum absolute atomic E-state index is 0.910. The van der Waals surface area contributed by atoms with Gasteiger partial charge in [-0.1, -0.05) is 94.4 Å². The number of benzene rings is 3. The van der Waals surface area contributed by atoms with E-state index < -0.39 is 0 Å². The Morgan fingerprint density at radius 1 is 0.571 bits per heavy atom. The number of methoxy groups -OCH3 is 1. The van der Waals surface area contributed by atoms with Crippen molar-refractivity contribution in [3.8, 4) is 30.4 Å². The van der Waals surface area contributed by atoms with Crippen molar-refractivity contribution in [1.29, 1.82) is 0 Å². The van der Waals surface area contributed by atoms with E-state index >= 15 is 0 Å². The van der Waals surface area contributed by atoms with Gasteiger partial charge in [0.15, 0.2) is 0 Å². The molecule has 0 N–H and O–H groups in total. The molecule has 3 aromatic rings. The number of ether oxygens (including phenoxy) is 1. The van der Waals surface area contributed by atoms with Gasteiger partial charge in [0, 0.05) is 0 Å². The summed E-state index contributed by atoms with van der Waals surface area (Å²) in [4.78, 5) is 0. The molecule has 0 saturated carbocycles. The summed E-state index contributed by atoms with van der Waals surface area (Å²) in [6, 6.07) is 26.4. The Kier molecular flexibility index (Phi) is 27.6. The van der Waals surface area contributed by atoms with Crippen LogP contribution >= 0.6 is 0 Å². The van der Waals surface area contributed by atoms with E-state index in [9.17, 15) is 0 Å². The fourth-order valence-corrected chi connectivity index (χ4v) is 1.69. The maximum Gasteiger partial charge on any atom is 0.118 e. The third kappa shape index (κ3) is 17.7. The standard InChI is InChI=1S/C10H8.C7H8O.2C3H4.2C2H6/c1-2-6-10-8-4-3-7-9(10)5-1;1-8-7-5-3-2-4-6-7;2*1-3-2;2*1-2/h1-8H;2-6H,1H3;2*1H,2H3;2*1-2H3. The van der Waals surface area contributed by atoms with Crippen molar-refractivity contribution in [3.05, 3.63) is 78.9 Å². The number of hydrogen-bond acceptors (Lipinski definition) is 1. The molecule has 0 aliphatic heterocycles. The zero-order chi connectivity index (χ0) is 22.0. The normalized spacial score (nSPS) is 7.04. The Morgan fingerprint density at radius 3 is 1.04 bits per heavy atom. The van der Waals surface area contributed by atoms with E-state index in [1.807, 2.05) is 58.0 Å². The average Bonchev–Trinajstić information content (AvgIpc) is 2.79. The molecule has 0 saturated heterocycles. The van der Waals surface area contributed by atoms with Crippen LogP contribution < -0.4 is 4.74 Å². The SMILES string of the molecule is C#CC.C#CC.CC.CC.COc1ccccc1.c1ccc2ccccc2c1. The van der Waals surface area contributed by atoms with E-state index in [1.165, 1.54) is 10.8 Å². The summed E-state index contributed by atoms with van der Waals surface area (Å²) in [5, 5.41) is 2.62. The predicted octanol–water partition coefficient (Wildman–Crippen LogP) is 7.87. The second-order valence-electron chi connectivity index (χ2n) is 4.44. The Bertz CT molecular complexity index is 669. The minimum Gasteiger partial charge on any atom is -0.497 e. The van der Waals surface area contributed by atoms with Gasteiger partial charge in [-0.15, -0.1) is 24.7 Å². The van der Waals surface area contributed by atoms with Crippen LogP contribution in [-0.2, 0) is 0 Å². The lowest BCUT2D eigenvalue weighted by Crippen LogP contribution is -1.78. The molecule has 0 aliphatic carbocycles. The monoisotopic (exact) mass is 376 g/mol. The molecule has 3 rings (SSSR count). The molecule has 1 heteroatoms. The summed E-state index contributed by atoms with van der Waals surface area (Å²) in [7, 11) is 1.66. The van der Waals surface area contributed by atoms with E-state index in [1.54, 1.807) is 21.0 Å². The van der Waals surface area contributed by atoms with E-state index in [2.05, 4.69) is 73.2 Å². The average molecular weight is 377 g/mol. The molecule has 0 unspecified atom stereocenters. The molecule has 0 radical (unpaired) electrons. The molecule has 1 nitrogen and oxygen atoms in total. The zero-order valence-electron chi connectivity index (χ0n) is 18.6. The number of hydrogen-bond donors (Lipinski definition) is 0. The smallest absolute Gasteiger partial charge is 0.118 e. The van der Waals surface area contributed by atoms with Crippen LogP contribution in [0.2, 0.25) is 0 Å².